The lowest BCUT2D eigenvalue weighted by Crippen LogP contribution is -2.40. The third-order valence-corrected chi connectivity index (χ3v) is 4.81. The number of benzene rings is 1. The molecule has 3 amide bonds. The van der Waals surface area contributed by atoms with E-state index in [1.165, 1.54) is 0 Å². The molecule has 6 heteroatoms. The van der Waals surface area contributed by atoms with Gasteiger partial charge in [-0.05, 0) is 51.3 Å². The van der Waals surface area contributed by atoms with Crippen molar-refractivity contribution in [3.05, 3.63) is 24.3 Å². The maximum absolute atomic E-state index is 12.5. The first-order valence-electron chi connectivity index (χ1n) is 8.82. The number of hydrogen-bond acceptors (Lipinski definition) is 3. The van der Waals surface area contributed by atoms with Crippen molar-refractivity contribution < 1.29 is 9.59 Å². The van der Waals surface area contributed by atoms with Gasteiger partial charge in [0.2, 0.25) is 5.91 Å². The number of hydrogen-bond donors (Lipinski definition) is 3. The predicted molar refractivity (Wildman–Crippen MR) is 95.1 cm³/mol. The highest BCUT2D eigenvalue weighted by Crippen LogP contribution is 2.25. The van der Waals surface area contributed by atoms with Gasteiger partial charge in [0.25, 0.3) is 0 Å². The fraction of sp³-hybridized carbons (Fsp3) is 0.556. The summed E-state index contributed by atoms with van der Waals surface area (Å²) in [5.74, 6) is 0.0508. The van der Waals surface area contributed by atoms with Crippen LogP contribution < -0.4 is 16.0 Å². The molecule has 130 valence electrons. The van der Waals surface area contributed by atoms with Gasteiger partial charge in [-0.25, -0.2) is 4.79 Å². The molecule has 3 N–H and O–H groups in total. The van der Waals surface area contributed by atoms with Crippen LogP contribution >= 0.6 is 0 Å². The summed E-state index contributed by atoms with van der Waals surface area (Å²) in [4.78, 5) is 26.6. The van der Waals surface area contributed by atoms with Gasteiger partial charge in [-0.2, -0.15) is 0 Å². The van der Waals surface area contributed by atoms with Gasteiger partial charge >= 0.3 is 6.03 Å². The zero-order chi connectivity index (χ0) is 16.9. The van der Waals surface area contributed by atoms with Crippen molar-refractivity contribution in [3.63, 3.8) is 0 Å². The maximum atomic E-state index is 12.5. The largest absolute Gasteiger partial charge is 0.325 e. The molecule has 2 aliphatic rings. The topological polar surface area (TPSA) is 73.5 Å². The number of urea groups is 1. The Labute approximate surface area is 143 Å². The minimum atomic E-state index is -0.0929. The maximum Gasteiger partial charge on any atom is 0.321 e. The van der Waals surface area contributed by atoms with E-state index >= 15 is 0 Å². The van der Waals surface area contributed by atoms with Crippen LogP contribution in [0.25, 0.3) is 0 Å². The van der Waals surface area contributed by atoms with Crippen LogP contribution in [0.2, 0.25) is 0 Å². The molecule has 2 aliphatic heterocycles. The molecule has 0 radical (unpaired) electrons. The summed E-state index contributed by atoms with van der Waals surface area (Å²) in [7, 11) is 0. The van der Waals surface area contributed by atoms with E-state index in [4.69, 9.17) is 0 Å². The number of carbonyl (C=O) groups excluding carboxylic acids is 2. The van der Waals surface area contributed by atoms with Gasteiger partial charge in [0.05, 0.1) is 11.4 Å². The third kappa shape index (κ3) is 4.06. The highest BCUT2D eigenvalue weighted by atomic mass is 16.2. The van der Waals surface area contributed by atoms with Gasteiger partial charge in [-0.15, -0.1) is 0 Å². The second-order valence-corrected chi connectivity index (χ2v) is 6.74. The van der Waals surface area contributed by atoms with Gasteiger partial charge in [-0.3, -0.25) is 4.79 Å². The zero-order valence-corrected chi connectivity index (χ0v) is 14.2. The van der Waals surface area contributed by atoms with E-state index in [0.717, 1.165) is 45.3 Å². The Bertz CT molecular complexity index is 598. The van der Waals surface area contributed by atoms with E-state index in [1.54, 1.807) is 0 Å². The molecule has 0 saturated carbocycles. The molecule has 2 saturated heterocycles. The van der Waals surface area contributed by atoms with Crippen molar-refractivity contribution in [1.29, 1.82) is 0 Å². The van der Waals surface area contributed by atoms with E-state index in [9.17, 15) is 9.59 Å². The Hall–Kier alpha value is -2.08. The number of likely N-dealkylation sites (tertiary alicyclic amines) is 1. The molecule has 24 heavy (non-hydrogen) atoms. The molecule has 0 bridgehead atoms. The molecule has 2 heterocycles. The fourth-order valence-electron chi connectivity index (χ4n) is 3.42. The minimum absolute atomic E-state index is 0.0172. The highest BCUT2D eigenvalue weighted by Gasteiger charge is 2.25. The molecule has 2 atom stereocenters. The molecule has 1 aromatic carbocycles. The van der Waals surface area contributed by atoms with Crippen LogP contribution in [0, 0.1) is 5.92 Å². The van der Waals surface area contributed by atoms with Crippen molar-refractivity contribution in [2.24, 2.45) is 5.92 Å². The molecule has 3 rings (SSSR count). The number of rotatable bonds is 3. The van der Waals surface area contributed by atoms with E-state index in [2.05, 4.69) is 22.9 Å². The average molecular weight is 330 g/mol. The Morgan fingerprint density at radius 3 is 2.46 bits per heavy atom. The quantitative estimate of drug-likeness (QED) is 0.798. The Kier molecular flexibility index (Phi) is 5.35. The van der Waals surface area contributed by atoms with Crippen molar-refractivity contribution in [2.75, 3.05) is 30.3 Å². The standard InChI is InChI=1S/C18H26N4O2/c1-13-12-14(8-9-19-13)17(23)20-15-6-2-3-7-16(15)21-18(24)22-10-4-5-11-22/h2-3,6-7,13-14,19H,4-5,8-12H2,1H3,(H,20,23)(H,21,24)/t13-,14-/m0/s1. The molecule has 0 aliphatic carbocycles. The predicted octanol–water partition coefficient (Wildman–Crippen LogP) is 2.64. The van der Waals surface area contributed by atoms with Crippen LogP contribution in [0.3, 0.4) is 0 Å². The monoisotopic (exact) mass is 330 g/mol. The molecule has 1 aromatic rings. The van der Waals surface area contributed by atoms with Crippen LogP contribution in [-0.4, -0.2) is 42.5 Å². The van der Waals surface area contributed by atoms with E-state index in [-0.39, 0.29) is 17.9 Å². The lowest BCUT2D eigenvalue weighted by molar-refractivity contribution is -0.120. The Morgan fingerprint density at radius 2 is 1.79 bits per heavy atom. The minimum Gasteiger partial charge on any atom is -0.325 e. The van der Waals surface area contributed by atoms with Gasteiger partial charge in [-0.1, -0.05) is 12.1 Å². The number of amides is 3. The van der Waals surface area contributed by atoms with Crippen LogP contribution in [0.5, 0.6) is 0 Å². The van der Waals surface area contributed by atoms with Gasteiger partial charge < -0.3 is 20.9 Å². The average Bonchev–Trinajstić information content (AvgIpc) is 3.11. The molecular weight excluding hydrogens is 304 g/mol. The van der Waals surface area contributed by atoms with Gasteiger partial charge in [0.1, 0.15) is 0 Å². The van der Waals surface area contributed by atoms with Gasteiger partial charge in [0, 0.05) is 25.0 Å². The van der Waals surface area contributed by atoms with E-state index in [0.29, 0.717) is 17.4 Å². The molecule has 0 aromatic heterocycles. The highest BCUT2D eigenvalue weighted by molar-refractivity contribution is 5.99. The summed E-state index contributed by atoms with van der Waals surface area (Å²) in [5.41, 5.74) is 1.32. The number of carbonyl (C=O) groups is 2. The number of nitrogens with one attached hydrogen (secondary N) is 3. The first-order valence-corrected chi connectivity index (χ1v) is 8.82. The number of nitrogens with zero attached hydrogens (tertiary/aromatic N) is 1. The molecule has 0 spiro atoms. The summed E-state index contributed by atoms with van der Waals surface area (Å²) >= 11 is 0. The summed E-state index contributed by atoms with van der Waals surface area (Å²) in [6.45, 7) is 4.57. The molecule has 0 unspecified atom stereocenters. The van der Waals surface area contributed by atoms with Crippen molar-refractivity contribution in [1.82, 2.24) is 10.2 Å². The van der Waals surface area contributed by atoms with Crippen molar-refractivity contribution in [3.8, 4) is 0 Å². The number of piperidine rings is 1. The Morgan fingerprint density at radius 1 is 1.12 bits per heavy atom. The van der Waals surface area contributed by atoms with Crippen molar-refractivity contribution >= 4 is 23.3 Å². The zero-order valence-electron chi connectivity index (χ0n) is 14.2. The molecule has 2 fully saturated rings. The summed E-state index contributed by atoms with van der Waals surface area (Å²) in [5, 5.41) is 9.28. The first-order chi connectivity index (χ1) is 11.6. The number of para-hydroxylation sites is 2. The fourth-order valence-corrected chi connectivity index (χ4v) is 3.42. The summed E-state index contributed by atoms with van der Waals surface area (Å²) < 4.78 is 0. The Balaban J connectivity index is 1.65. The lowest BCUT2D eigenvalue weighted by atomic mass is 9.92. The first kappa shape index (κ1) is 16.8. The van der Waals surface area contributed by atoms with Crippen LogP contribution in [0.4, 0.5) is 16.2 Å². The second-order valence-electron chi connectivity index (χ2n) is 6.74. The van der Waals surface area contributed by atoms with Crippen molar-refractivity contribution in [2.45, 2.75) is 38.6 Å². The molecular formula is C18H26N4O2. The summed E-state index contributed by atoms with van der Waals surface area (Å²) in [6.07, 6.45) is 3.80. The second kappa shape index (κ2) is 7.66. The SMILES string of the molecule is C[C@H]1C[C@@H](C(=O)Nc2ccccc2NC(=O)N2CCCC2)CCN1. The number of anilines is 2. The van der Waals surface area contributed by atoms with Crippen LogP contribution in [0.15, 0.2) is 24.3 Å². The normalized spacial score (nSPS) is 23.8. The smallest absolute Gasteiger partial charge is 0.321 e. The van der Waals surface area contributed by atoms with Crippen LogP contribution in [-0.2, 0) is 4.79 Å². The van der Waals surface area contributed by atoms with Gasteiger partial charge in [0.15, 0.2) is 0 Å². The van der Waals surface area contributed by atoms with E-state index < -0.39 is 0 Å². The summed E-state index contributed by atoms with van der Waals surface area (Å²) in [6, 6.07) is 7.66. The van der Waals surface area contributed by atoms with E-state index in [1.807, 2.05) is 29.2 Å². The molecule has 6 nitrogen and oxygen atoms in total. The van der Waals surface area contributed by atoms with Crippen LogP contribution in [0.1, 0.15) is 32.6 Å². The third-order valence-electron chi connectivity index (χ3n) is 4.81. The lowest BCUT2D eigenvalue weighted by Gasteiger charge is -2.27.